The summed E-state index contributed by atoms with van der Waals surface area (Å²) in [5.41, 5.74) is 5.05. The van der Waals surface area contributed by atoms with Gasteiger partial charge in [-0.25, -0.2) is 9.87 Å². The highest BCUT2D eigenvalue weighted by Crippen LogP contribution is 2.24. The first-order valence-corrected chi connectivity index (χ1v) is 6.85. The number of amides is 1. The number of carbonyl (C=O) groups is 1. The maximum absolute atomic E-state index is 13.0. The molecule has 3 aromatic rings. The summed E-state index contributed by atoms with van der Waals surface area (Å²) in [6.45, 7) is 0. The van der Waals surface area contributed by atoms with Crippen LogP contribution in [0.2, 0.25) is 0 Å². The third-order valence-electron chi connectivity index (χ3n) is 3.74. The van der Waals surface area contributed by atoms with Crippen molar-refractivity contribution in [3.05, 3.63) is 71.2 Å². The predicted octanol–water partition coefficient (Wildman–Crippen LogP) is 3.03. The number of nitrogens with one attached hydrogen (secondary N) is 1. The van der Waals surface area contributed by atoms with Gasteiger partial charge in [-0.3, -0.25) is 10.0 Å². The van der Waals surface area contributed by atoms with Crippen LogP contribution in [-0.4, -0.2) is 15.7 Å². The summed E-state index contributed by atoms with van der Waals surface area (Å²) in [5.74, 6) is -0.804. The Hall–Kier alpha value is -2.66. The van der Waals surface area contributed by atoms with Crippen molar-refractivity contribution in [3.63, 3.8) is 0 Å². The second-order valence-electron chi connectivity index (χ2n) is 5.24. The number of hydroxylamine groups is 1. The molecular weight excluding hydrogens is 283 g/mol. The summed E-state index contributed by atoms with van der Waals surface area (Å²) in [7, 11) is 1.93. The Morgan fingerprint density at radius 2 is 1.95 bits per heavy atom. The van der Waals surface area contributed by atoms with Crippen molar-refractivity contribution in [2.45, 2.75) is 6.42 Å². The van der Waals surface area contributed by atoms with E-state index in [9.17, 15) is 9.18 Å². The molecule has 0 bridgehead atoms. The van der Waals surface area contributed by atoms with Gasteiger partial charge >= 0.3 is 0 Å². The van der Waals surface area contributed by atoms with Gasteiger partial charge in [-0.05, 0) is 47.9 Å². The second kappa shape index (κ2) is 5.61. The van der Waals surface area contributed by atoms with E-state index in [-0.39, 0.29) is 5.82 Å². The third kappa shape index (κ3) is 2.58. The van der Waals surface area contributed by atoms with E-state index in [1.165, 1.54) is 12.1 Å². The number of carbonyl (C=O) groups excluding carboxylic acids is 1. The topological polar surface area (TPSA) is 54.3 Å². The number of nitrogens with zero attached hydrogens (tertiary/aromatic N) is 1. The van der Waals surface area contributed by atoms with Crippen LogP contribution in [0.1, 0.15) is 21.5 Å². The molecule has 4 nitrogen and oxygen atoms in total. The summed E-state index contributed by atoms with van der Waals surface area (Å²) in [6.07, 6.45) is 2.64. The van der Waals surface area contributed by atoms with Gasteiger partial charge in [0.2, 0.25) is 0 Å². The van der Waals surface area contributed by atoms with E-state index in [1.54, 1.807) is 29.7 Å². The molecule has 0 unspecified atom stereocenters. The fraction of sp³-hybridized carbons (Fsp3) is 0.118. The first-order chi connectivity index (χ1) is 10.6. The van der Waals surface area contributed by atoms with Gasteiger partial charge in [-0.15, -0.1) is 0 Å². The highest BCUT2D eigenvalue weighted by Gasteiger charge is 2.11. The summed E-state index contributed by atoms with van der Waals surface area (Å²) in [5, 5.41) is 9.69. The Bertz CT molecular complexity index is 838. The zero-order valence-corrected chi connectivity index (χ0v) is 12.0. The van der Waals surface area contributed by atoms with Gasteiger partial charge in [0.15, 0.2) is 0 Å². The van der Waals surface area contributed by atoms with Crippen molar-refractivity contribution < 1.29 is 14.4 Å². The molecule has 0 spiro atoms. The van der Waals surface area contributed by atoms with Crippen LogP contribution in [0, 0.1) is 5.82 Å². The van der Waals surface area contributed by atoms with Gasteiger partial charge in [0, 0.05) is 29.7 Å². The number of halogens is 1. The van der Waals surface area contributed by atoms with Gasteiger partial charge in [-0.2, -0.15) is 0 Å². The number of aryl methyl sites for hydroxylation is 1. The Morgan fingerprint density at radius 3 is 2.64 bits per heavy atom. The van der Waals surface area contributed by atoms with Gasteiger partial charge in [0.1, 0.15) is 5.82 Å². The molecule has 0 radical (unpaired) electrons. The number of hydrogen-bond donors (Lipinski definition) is 2. The van der Waals surface area contributed by atoms with E-state index in [4.69, 9.17) is 5.21 Å². The third-order valence-corrected chi connectivity index (χ3v) is 3.74. The lowest BCUT2D eigenvalue weighted by atomic mass is 10.0. The minimum Gasteiger partial charge on any atom is -0.350 e. The highest BCUT2D eigenvalue weighted by atomic mass is 19.1. The van der Waals surface area contributed by atoms with Crippen LogP contribution in [0.4, 0.5) is 4.39 Å². The zero-order valence-electron chi connectivity index (χ0n) is 12.0. The number of rotatable bonds is 3. The quantitative estimate of drug-likeness (QED) is 0.577. The van der Waals surface area contributed by atoms with E-state index in [0.29, 0.717) is 12.0 Å². The molecule has 3 rings (SSSR count). The lowest BCUT2D eigenvalue weighted by Gasteiger charge is -2.03. The Morgan fingerprint density at radius 1 is 1.23 bits per heavy atom. The molecule has 0 atom stereocenters. The van der Waals surface area contributed by atoms with Gasteiger partial charge in [0.25, 0.3) is 5.91 Å². The smallest absolute Gasteiger partial charge is 0.274 e. The predicted molar refractivity (Wildman–Crippen MR) is 81.4 cm³/mol. The summed E-state index contributed by atoms with van der Waals surface area (Å²) < 4.78 is 15.0. The minimum absolute atomic E-state index is 0.261. The molecule has 0 fully saturated rings. The number of fused-ring (bicyclic) bond motifs is 1. The largest absolute Gasteiger partial charge is 0.350 e. The summed E-state index contributed by atoms with van der Waals surface area (Å²) >= 11 is 0. The molecule has 0 saturated carbocycles. The fourth-order valence-electron chi connectivity index (χ4n) is 2.64. The first-order valence-electron chi connectivity index (χ1n) is 6.85. The van der Waals surface area contributed by atoms with Gasteiger partial charge in [0.05, 0.1) is 0 Å². The maximum Gasteiger partial charge on any atom is 0.274 e. The average molecular weight is 298 g/mol. The molecule has 1 aromatic heterocycles. The number of hydrogen-bond acceptors (Lipinski definition) is 2. The number of aromatic nitrogens is 1. The average Bonchev–Trinajstić information content (AvgIpc) is 2.84. The lowest BCUT2D eigenvalue weighted by Crippen LogP contribution is -2.18. The molecule has 5 heteroatoms. The molecule has 2 N–H and O–H groups in total. The molecule has 0 aliphatic rings. The van der Waals surface area contributed by atoms with Crippen LogP contribution in [0.25, 0.3) is 10.9 Å². The van der Waals surface area contributed by atoms with E-state index < -0.39 is 5.91 Å². The molecule has 2 aromatic carbocycles. The van der Waals surface area contributed by atoms with Gasteiger partial charge in [-0.1, -0.05) is 12.1 Å². The molecule has 1 amide bonds. The van der Waals surface area contributed by atoms with Crippen LogP contribution in [0.3, 0.4) is 0 Å². The normalized spacial score (nSPS) is 10.9. The van der Waals surface area contributed by atoms with E-state index in [1.807, 2.05) is 23.9 Å². The summed E-state index contributed by atoms with van der Waals surface area (Å²) in [4.78, 5) is 11.6. The van der Waals surface area contributed by atoms with Crippen LogP contribution in [-0.2, 0) is 13.5 Å². The van der Waals surface area contributed by atoms with E-state index in [2.05, 4.69) is 0 Å². The molecule has 0 aliphatic carbocycles. The monoisotopic (exact) mass is 298 g/mol. The van der Waals surface area contributed by atoms with Crippen LogP contribution in [0.5, 0.6) is 0 Å². The Labute approximate surface area is 126 Å². The van der Waals surface area contributed by atoms with Crippen molar-refractivity contribution in [3.8, 4) is 0 Å². The maximum atomic E-state index is 13.0. The minimum atomic E-state index is -0.543. The Kier molecular flexibility index (Phi) is 3.65. The van der Waals surface area contributed by atoms with E-state index >= 15 is 0 Å². The van der Waals surface area contributed by atoms with Crippen molar-refractivity contribution in [2.24, 2.45) is 7.05 Å². The molecule has 0 saturated heterocycles. The van der Waals surface area contributed by atoms with Crippen LogP contribution in [0.15, 0.2) is 48.7 Å². The summed E-state index contributed by atoms with van der Waals surface area (Å²) in [6, 6.07) is 11.6. The molecule has 22 heavy (non-hydrogen) atoms. The molecule has 0 aliphatic heterocycles. The second-order valence-corrected chi connectivity index (χ2v) is 5.24. The number of benzene rings is 2. The molecular formula is C17H15FN2O2. The Balaban J connectivity index is 2.04. The van der Waals surface area contributed by atoms with E-state index in [0.717, 1.165) is 22.0 Å². The van der Waals surface area contributed by atoms with Crippen molar-refractivity contribution in [2.75, 3.05) is 0 Å². The van der Waals surface area contributed by atoms with Gasteiger partial charge < -0.3 is 4.57 Å². The molecule has 1 heterocycles. The van der Waals surface area contributed by atoms with Crippen molar-refractivity contribution >= 4 is 16.8 Å². The van der Waals surface area contributed by atoms with Crippen molar-refractivity contribution in [1.82, 2.24) is 10.0 Å². The zero-order chi connectivity index (χ0) is 15.7. The van der Waals surface area contributed by atoms with Crippen LogP contribution < -0.4 is 5.48 Å². The SMILES string of the molecule is Cn1cc(Cc2ccc(F)cc2)c2cc(C(=O)NO)ccc21. The van der Waals surface area contributed by atoms with Crippen LogP contribution >= 0.6 is 0 Å². The highest BCUT2D eigenvalue weighted by molar-refractivity contribution is 5.98. The lowest BCUT2D eigenvalue weighted by molar-refractivity contribution is 0.0706. The fourth-order valence-corrected chi connectivity index (χ4v) is 2.64. The molecule has 112 valence electrons. The standard InChI is InChI=1S/C17H15FN2O2/c1-20-10-13(8-11-2-5-14(18)6-3-11)15-9-12(17(21)19-22)4-7-16(15)20/h2-7,9-10,22H,8H2,1H3,(H,19,21). The van der Waals surface area contributed by atoms with Crippen molar-refractivity contribution in [1.29, 1.82) is 0 Å². The first kappa shape index (κ1) is 14.3.